The number of rotatable bonds is 5. The molecule has 8 nitrogen and oxygen atoms in total. The van der Waals surface area contributed by atoms with Crippen molar-refractivity contribution in [3.63, 3.8) is 0 Å². The lowest BCUT2D eigenvalue weighted by molar-refractivity contribution is 0.196. The number of nitrogens with zero attached hydrogens (tertiary/aromatic N) is 8. The topological polar surface area (TPSA) is 75.3 Å². The fraction of sp³-hybridized carbons (Fsp3) is 0.471. The highest BCUT2D eigenvalue weighted by atomic mass is 15.4. The van der Waals surface area contributed by atoms with Gasteiger partial charge in [0.15, 0.2) is 11.5 Å². The summed E-state index contributed by atoms with van der Waals surface area (Å²) in [5.74, 6) is 2.55. The number of fused-ring (bicyclic) bond motifs is 1. The molecule has 0 radical (unpaired) electrons. The molecule has 0 bridgehead atoms. The first kappa shape index (κ1) is 14.7. The van der Waals surface area contributed by atoms with E-state index in [9.17, 15) is 0 Å². The van der Waals surface area contributed by atoms with Crippen molar-refractivity contribution in [1.29, 1.82) is 0 Å². The molecule has 1 saturated carbocycles. The van der Waals surface area contributed by atoms with Gasteiger partial charge in [-0.1, -0.05) is 0 Å². The minimum absolute atomic E-state index is 0.515. The maximum atomic E-state index is 4.78. The Hall–Kier alpha value is -2.61. The maximum Gasteiger partial charge on any atom is 0.178 e. The van der Waals surface area contributed by atoms with Gasteiger partial charge in [0.25, 0.3) is 0 Å². The third-order valence-electron chi connectivity index (χ3n) is 5.07. The van der Waals surface area contributed by atoms with E-state index in [4.69, 9.17) is 5.10 Å². The Morgan fingerprint density at radius 3 is 2.68 bits per heavy atom. The third kappa shape index (κ3) is 2.72. The van der Waals surface area contributed by atoms with Gasteiger partial charge in [-0.15, -0.1) is 15.3 Å². The van der Waals surface area contributed by atoms with Crippen LogP contribution in [0.2, 0.25) is 0 Å². The van der Waals surface area contributed by atoms with Crippen molar-refractivity contribution < 1.29 is 0 Å². The summed E-state index contributed by atoms with van der Waals surface area (Å²) in [5.41, 5.74) is 1.98. The van der Waals surface area contributed by atoms with Crippen LogP contribution in [0.25, 0.3) is 5.65 Å². The van der Waals surface area contributed by atoms with Crippen LogP contribution >= 0.6 is 0 Å². The van der Waals surface area contributed by atoms with Crippen molar-refractivity contribution >= 4 is 11.5 Å². The zero-order valence-electron chi connectivity index (χ0n) is 14.2. The molecule has 0 atom stereocenters. The van der Waals surface area contributed by atoms with Gasteiger partial charge >= 0.3 is 0 Å². The predicted molar refractivity (Wildman–Crippen MR) is 92.3 cm³/mol. The molecule has 3 aromatic rings. The smallest absolute Gasteiger partial charge is 0.178 e. The summed E-state index contributed by atoms with van der Waals surface area (Å²) in [6.45, 7) is 2.82. The second kappa shape index (κ2) is 5.73. The summed E-state index contributed by atoms with van der Waals surface area (Å²) >= 11 is 0. The van der Waals surface area contributed by atoms with E-state index < -0.39 is 0 Å². The second-order valence-corrected chi connectivity index (χ2v) is 7.01. The van der Waals surface area contributed by atoms with Gasteiger partial charge in [0.2, 0.25) is 0 Å². The van der Waals surface area contributed by atoms with E-state index >= 15 is 0 Å². The maximum absolute atomic E-state index is 4.78. The van der Waals surface area contributed by atoms with Gasteiger partial charge in [-0.25, -0.2) is 9.97 Å². The summed E-state index contributed by atoms with van der Waals surface area (Å²) in [6, 6.07) is 4.57. The monoisotopic (exact) mass is 336 g/mol. The summed E-state index contributed by atoms with van der Waals surface area (Å²) in [5, 5.41) is 13.3. The van der Waals surface area contributed by atoms with Crippen molar-refractivity contribution in [3.05, 3.63) is 42.2 Å². The first-order valence-electron chi connectivity index (χ1n) is 8.69. The minimum Gasteiger partial charge on any atom is -0.352 e. The lowest BCUT2D eigenvalue weighted by Crippen LogP contribution is -2.58. The third-order valence-corrected chi connectivity index (χ3v) is 5.07. The van der Waals surface area contributed by atoms with Crippen molar-refractivity contribution in [1.82, 2.24) is 34.7 Å². The van der Waals surface area contributed by atoms with E-state index in [-0.39, 0.29) is 0 Å². The molecule has 0 N–H and O–H groups in total. The van der Waals surface area contributed by atoms with Gasteiger partial charge < -0.3 is 4.90 Å². The summed E-state index contributed by atoms with van der Waals surface area (Å²) < 4.78 is 1.92. The van der Waals surface area contributed by atoms with Crippen LogP contribution in [0.15, 0.2) is 30.9 Å². The molecule has 2 fully saturated rings. The zero-order chi connectivity index (χ0) is 16.8. The normalized spacial score (nSPS) is 18.1. The Morgan fingerprint density at radius 1 is 1.12 bits per heavy atom. The number of anilines is 1. The highest BCUT2D eigenvalue weighted by Crippen LogP contribution is 2.38. The highest BCUT2D eigenvalue weighted by Gasteiger charge is 2.32. The van der Waals surface area contributed by atoms with Gasteiger partial charge in [-0.2, -0.15) is 4.52 Å². The lowest BCUT2D eigenvalue weighted by atomic mass is 10.1. The fourth-order valence-corrected chi connectivity index (χ4v) is 3.31. The first-order valence-corrected chi connectivity index (χ1v) is 8.69. The SMILES string of the molecule is CN(Cc1cncnc1)C1CN(c2ccc3nnc(C4CC4)n3n2)C1. The molecule has 0 spiro atoms. The van der Waals surface area contributed by atoms with Crippen LogP contribution in [-0.2, 0) is 6.54 Å². The lowest BCUT2D eigenvalue weighted by Gasteiger charge is -2.44. The van der Waals surface area contributed by atoms with Crippen LogP contribution in [0.4, 0.5) is 5.82 Å². The van der Waals surface area contributed by atoms with Crippen molar-refractivity contribution in [2.24, 2.45) is 0 Å². The molecule has 4 heterocycles. The van der Waals surface area contributed by atoms with Crippen LogP contribution in [0.5, 0.6) is 0 Å². The molecular formula is C17H20N8. The molecule has 0 amide bonds. The fourth-order valence-electron chi connectivity index (χ4n) is 3.31. The Morgan fingerprint density at radius 2 is 1.92 bits per heavy atom. The van der Waals surface area contributed by atoms with E-state index in [1.54, 1.807) is 6.33 Å². The van der Waals surface area contributed by atoms with Crippen LogP contribution in [-0.4, -0.2) is 60.9 Å². The first-order chi connectivity index (χ1) is 12.3. The van der Waals surface area contributed by atoms with E-state index in [2.05, 4.69) is 37.0 Å². The number of hydrogen-bond acceptors (Lipinski definition) is 7. The van der Waals surface area contributed by atoms with Crippen LogP contribution in [0, 0.1) is 0 Å². The average molecular weight is 336 g/mol. The molecule has 8 heteroatoms. The molecule has 1 saturated heterocycles. The molecule has 128 valence electrons. The van der Waals surface area contributed by atoms with Gasteiger partial charge in [-0.05, 0) is 32.0 Å². The summed E-state index contributed by atoms with van der Waals surface area (Å²) in [6.07, 6.45) is 7.72. The zero-order valence-corrected chi connectivity index (χ0v) is 14.2. The van der Waals surface area contributed by atoms with Crippen molar-refractivity contribution in [2.75, 3.05) is 25.0 Å². The van der Waals surface area contributed by atoms with Gasteiger partial charge in [0.1, 0.15) is 12.1 Å². The van der Waals surface area contributed by atoms with Crippen molar-refractivity contribution in [2.45, 2.75) is 31.3 Å². The van der Waals surface area contributed by atoms with E-state index in [0.29, 0.717) is 12.0 Å². The standard InChI is InChI=1S/C17H20N8/c1-23(8-12-6-18-11-19-7-12)14-9-24(10-14)16-5-4-15-20-21-17(13-2-3-13)25(15)22-16/h4-7,11,13-14H,2-3,8-10H2,1H3. The molecule has 0 aromatic carbocycles. The predicted octanol–water partition coefficient (Wildman–Crippen LogP) is 1.11. The van der Waals surface area contributed by atoms with Crippen LogP contribution in [0.3, 0.4) is 0 Å². The summed E-state index contributed by atoms with van der Waals surface area (Å²) in [7, 11) is 2.15. The van der Waals surface area contributed by atoms with E-state index in [0.717, 1.165) is 42.5 Å². The van der Waals surface area contributed by atoms with Crippen LogP contribution in [0.1, 0.15) is 30.1 Å². The summed E-state index contributed by atoms with van der Waals surface area (Å²) in [4.78, 5) is 12.8. The van der Waals surface area contributed by atoms with Gasteiger partial charge in [-0.3, -0.25) is 4.90 Å². The van der Waals surface area contributed by atoms with E-state index in [1.807, 2.05) is 29.0 Å². The second-order valence-electron chi connectivity index (χ2n) is 7.01. The van der Waals surface area contributed by atoms with Crippen molar-refractivity contribution in [3.8, 4) is 0 Å². The molecule has 1 aliphatic heterocycles. The van der Waals surface area contributed by atoms with Gasteiger partial charge in [0, 0.05) is 49.6 Å². The Kier molecular flexibility index (Phi) is 3.37. The molecular weight excluding hydrogens is 316 g/mol. The van der Waals surface area contributed by atoms with E-state index in [1.165, 1.54) is 12.8 Å². The number of likely N-dealkylation sites (N-methyl/N-ethyl adjacent to an activating group) is 1. The quantitative estimate of drug-likeness (QED) is 0.691. The largest absolute Gasteiger partial charge is 0.352 e. The molecule has 25 heavy (non-hydrogen) atoms. The molecule has 5 rings (SSSR count). The minimum atomic E-state index is 0.515. The Bertz CT molecular complexity index is 882. The molecule has 0 unspecified atom stereocenters. The molecule has 1 aliphatic carbocycles. The highest BCUT2D eigenvalue weighted by molar-refractivity contribution is 5.48. The molecule has 3 aromatic heterocycles. The number of hydrogen-bond donors (Lipinski definition) is 0. The Balaban J connectivity index is 1.27. The van der Waals surface area contributed by atoms with Crippen LogP contribution < -0.4 is 4.90 Å². The van der Waals surface area contributed by atoms with Gasteiger partial charge in [0.05, 0.1) is 0 Å². The molecule has 2 aliphatic rings. The number of aromatic nitrogens is 6. The average Bonchev–Trinajstić information content (AvgIpc) is 3.34. The Labute approximate surface area is 145 Å².